The molecule has 2 aromatic rings. The van der Waals surface area contributed by atoms with E-state index in [0.717, 1.165) is 31.1 Å². The molecule has 2 N–H and O–H groups in total. The van der Waals surface area contributed by atoms with E-state index in [1.165, 1.54) is 57.2 Å². The van der Waals surface area contributed by atoms with E-state index in [1.54, 1.807) is 5.56 Å². The quantitative estimate of drug-likeness (QED) is 0.488. The zero-order valence-corrected chi connectivity index (χ0v) is 20.4. The van der Waals surface area contributed by atoms with E-state index in [4.69, 9.17) is 5.26 Å². The lowest BCUT2D eigenvalue weighted by molar-refractivity contribution is 0.0662. The summed E-state index contributed by atoms with van der Waals surface area (Å²) in [6, 6.07) is 19.0. The van der Waals surface area contributed by atoms with E-state index in [0.29, 0.717) is 11.5 Å². The molecule has 0 radical (unpaired) electrons. The molecule has 1 saturated carbocycles. The molecule has 0 aromatic heterocycles. The number of rotatable bonds is 9. The van der Waals surface area contributed by atoms with Crippen molar-refractivity contribution in [2.45, 2.75) is 57.4 Å². The molecule has 2 fully saturated rings. The summed E-state index contributed by atoms with van der Waals surface area (Å²) in [4.78, 5) is 2.66. The van der Waals surface area contributed by atoms with Crippen LogP contribution in [-0.2, 0) is 5.54 Å². The number of nitrogens with zero attached hydrogens (tertiary/aromatic N) is 2. The summed E-state index contributed by atoms with van der Waals surface area (Å²) in [5.74, 6) is 1.44. The maximum absolute atomic E-state index is 8.93. The fourth-order valence-electron chi connectivity index (χ4n) is 6.54. The zero-order chi connectivity index (χ0) is 23.1. The van der Waals surface area contributed by atoms with Crippen LogP contribution in [0.2, 0.25) is 0 Å². The van der Waals surface area contributed by atoms with Gasteiger partial charge in [0.15, 0.2) is 0 Å². The van der Waals surface area contributed by atoms with Crippen molar-refractivity contribution >= 4 is 5.69 Å². The summed E-state index contributed by atoms with van der Waals surface area (Å²) in [5.41, 5.74) is 4.91. The van der Waals surface area contributed by atoms with Crippen molar-refractivity contribution < 1.29 is 0 Å². The Hall–Kier alpha value is -2.35. The molecular weight excluding hydrogens is 404 g/mol. The van der Waals surface area contributed by atoms with Crippen LogP contribution in [0, 0.1) is 30.1 Å². The Morgan fingerprint density at radius 2 is 1.64 bits per heavy atom. The predicted octanol–water partition coefficient (Wildman–Crippen LogP) is 5.69. The van der Waals surface area contributed by atoms with Crippen molar-refractivity contribution in [3.63, 3.8) is 0 Å². The minimum absolute atomic E-state index is 0.116. The molecule has 0 amide bonds. The third kappa shape index (κ3) is 5.26. The second-order valence-corrected chi connectivity index (χ2v) is 10.0. The molecule has 4 nitrogen and oxygen atoms in total. The number of hydrogen-bond donors (Lipinski definition) is 2. The van der Waals surface area contributed by atoms with Crippen LogP contribution in [0.5, 0.6) is 0 Å². The van der Waals surface area contributed by atoms with Crippen molar-refractivity contribution in [1.29, 1.82) is 5.26 Å². The van der Waals surface area contributed by atoms with Crippen molar-refractivity contribution in [2.75, 3.05) is 38.5 Å². The maximum atomic E-state index is 8.93. The van der Waals surface area contributed by atoms with Crippen LogP contribution in [0.3, 0.4) is 0 Å². The fraction of sp³-hybridized carbons (Fsp3) is 0.552. The van der Waals surface area contributed by atoms with Crippen LogP contribution in [0.1, 0.15) is 61.6 Å². The summed E-state index contributed by atoms with van der Waals surface area (Å²) in [7, 11) is 2.21. The SMILES string of the molecule is CNC(c1ccccc1C)(C1CCCC1)C1CCN(CCCNc2ccc(C#N)cc2)CC1. The van der Waals surface area contributed by atoms with Gasteiger partial charge in [0.1, 0.15) is 0 Å². The van der Waals surface area contributed by atoms with E-state index in [9.17, 15) is 0 Å². The van der Waals surface area contributed by atoms with E-state index in [2.05, 4.69) is 59.8 Å². The third-order valence-corrected chi connectivity index (χ3v) is 8.23. The highest BCUT2D eigenvalue weighted by molar-refractivity contribution is 5.47. The van der Waals surface area contributed by atoms with Crippen LogP contribution in [-0.4, -0.2) is 38.1 Å². The molecule has 1 saturated heterocycles. The molecule has 2 aliphatic rings. The van der Waals surface area contributed by atoms with Crippen molar-refractivity contribution in [3.8, 4) is 6.07 Å². The van der Waals surface area contributed by atoms with E-state index < -0.39 is 0 Å². The number of hydrogen-bond acceptors (Lipinski definition) is 4. The van der Waals surface area contributed by atoms with Gasteiger partial charge in [-0.1, -0.05) is 37.1 Å². The van der Waals surface area contributed by atoms with Crippen LogP contribution in [0.15, 0.2) is 48.5 Å². The van der Waals surface area contributed by atoms with E-state index >= 15 is 0 Å². The zero-order valence-electron chi connectivity index (χ0n) is 20.4. The van der Waals surface area contributed by atoms with Gasteiger partial charge in [0.2, 0.25) is 0 Å². The Morgan fingerprint density at radius 1 is 0.970 bits per heavy atom. The Bertz CT molecular complexity index is 917. The first kappa shape index (κ1) is 23.8. The van der Waals surface area contributed by atoms with Crippen molar-refractivity contribution in [1.82, 2.24) is 10.2 Å². The van der Waals surface area contributed by atoms with E-state index in [-0.39, 0.29) is 5.54 Å². The predicted molar refractivity (Wildman–Crippen MR) is 137 cm³/mol. The molecule has 0 bridgehead atoms. The lowest BCUT2D eigenvalue weighted by Crippen LogP contribution is -2.55. The molecule has 1 heterocycles. The Balaban J connectivity index is 1.33. The highest BCUT2D eigenvalue weighted by Gasteiger charge is 2.47. The van der Waals surface area contributed by atoms with Gasteiger partial charge >= 0.3 is 0 Å². The van der Waals surface area contributed by atoms with Crippen molar-refractivity contribution in [3.05, 3.63) is 65.2 Å². The molecular formula is C29H40N4. The van der Waals surface area contributed by atoms with Gasteiger partial charge < -0.3 is 15.5 Å². The first-order chi connectivity index (χ1) is 16.2. The van der Waals surface area contributed by atoms with Crippen LogP contribution in [0.25, 0.3) is 0 Å². The number of likely N-dealkylation sites (tertiary alicyclic amines) is 1. The summed E-state index contributed by atoms with van der Waals surface area (Å²) < 4.78 is 0. The van der Waals surface area contributed by atoms with Gasteiger partial charge in [-0.15, -0.1) is 0 Å². The number of piperidine rings is 1. The topological polar surface area (TPSA) is 51.1 Å². The van der Waals surface area contributed by atoms with Crippen LogP contribution < -0.4 is 10.6 Å². The lowest BCUT2D eigenvalue weighted by atomic mass is 9.64. The molecule has 2 aromatic carbocycles. The number of aryl methyl sites for hydroxylation is 1. The Morgan fingerprint density at radius 3 is 2.27 bits per heavy atom. The monoisotopic (exact) mass is 444 g/mol. The standard InChI is InChI=1S/C29H40N4/c1-23-8-3-6-11-28(23)29(31-2,25-9-4-5-10-25)26-16-20-33(21-17-26)19-7-18-32-27-14-12-24(22-30)13-15-27/h3,6,8,11-15,25-26,31-32H,4-5,7,9-10,16-21H2,1-2H3. The Labute approximate surface area is 200 Å². The Kier molecular flexibility index (Phi) is 8.06. The second kappa shape index (κ2) is 11.2. The minimum Gasteiger partial charge on any atom is -0.385 e. The molecule has 1 atom stereocenters. The van der Waals surface area contributed by atoms with Gasteiger partial charge in [0, 0.05) is 17.8 Å². The maximum Gasteiger partial charge on any atom is 0.0991 e. The third-order valence-electron chi connectivity index (χ3n) is 8.23. The number of benzene rings is 2. The number of nitriles is 1. The van der Waals surface area contributed by atoms with Gasteiger partial charge in [0.25, 0.3) is 0 Å². The van der Waals surface area contributed by atoms with Crippen LogP contribution >= 0.6 is 0 Å². The molecule has 1 aliphatic carbocycles. The van der Waals surface area contributed by atoms with Crippen molar-refractivity contribution in [2.24, 2.45) is 11.8 Å². The van der Waals surface area contributed by atoms with Gasteiger partial charge in [0.05, 0.1) is 11.6 Å². The normalized spacial score (nSPS) is 19.8. The van der Waals surface area contributed by atoms with Gasteiger partial charge in [-0.25, -0.2) is 0 Å². The highest BCUT2D eigenvalue weighted by atomic mass is 15.1. The van der Waals surface area contributed by atoms with Crippen LogP contribution in [0.4, 0.5) is 5.69 Å². The average molecular weight is 445 g/mol. The lowest BCUT2D eigenvalue weighted by Gasteiger charge is -2.49. The van der Waals surface area contributed by atoms with Gasteiger partial charge in [-0.2, -0.15) is 5.26 Å². The van der Waals surface area contributed by atoms with E-state index in [1.807, 2.05) is 24.3 Å². The summed E-state index contributed by atoms with van der Waals surface area (Å²) in [5, 5.41) is 16.4. The molecule has 4 rings (SSSR count). The average Bonchev–Trinajstić information content (AvgIpc) is 3.40. The molecule has 176 valence electrons. The second-order valence-electron chi connectivity index (χ2n) is 10.0. The smallest absolute Gasteiger partial charge is 0.0991 e. The molecule has 33 heavy (non-hydrogen) atoms. The summed E-state index contributed by atoms with van der Waals surface area (Å²) in [6.07, 6.45) is 9.16. The molecule has 0 spiro atoms. The first-order valence-electron chi connectivity index (χ1n) is 12.9. The molecule has 1 aliphatic heterocycles. The fourth-order valence-corrected chi connectivity index (χ4v) is 6.54. The van der Waals surface area contributed by atoms with Gasteiger partial charge in [-0.05, 0) is 113 Å². The summed E-state index contributed by atoms with van der Waals surface area (Å²) >= 11 is 0. The minimum atomic E-state index is 0.116. The largest absolute Gasteiger partial charge is 0.385 e. The number of nitrogens with one attached hydrogen (secondary N) is 2. The first-order valence-corrected chi connectivity index (χ1v) is 12.9. The molecule has 1 unspecified atom stereocenters. The molecule has 4 heteroatoms. The number of anilines is 1. The van der Waals surface area contributed by atoms with Gasteiger partial charge in [-0.3, -0.25) is 0 Å². The highest BCUT2D eigenvalue weighted by Crippen LogP contribution is 2.49. The summed E-state index contributed by atoms with van der Waals surface area (Å²) in [6.45, 7) is 6.81.